The van der Waals surface area contributed by atoms with Gasteiger partial charge in [0, 0.05) is 12.5 Å². The van der Waals surface area contributed by atoms with E-state index >= 15 is 0 Å². The molecule has 1 aromatic rings. The van der Waals surface area contributed by atoms with Crippen LogP contribution in [0.3, 0.4) is 0 Å². The lowest BCUT2D eigenvalue weighted by Crippen LogP contribution is -2.41. The molecule has 1 aliphatic heterocycles. The Morgan fingerprint density at radius 3 is 2.86 bits per heavy atom. The summed E-state index contributed by atoms with van der Waals surface area (Å²) in [6.07, 6.45) is 0.0815. The minimum atomic E-state index is -3.71. The van der Waals surface area contributed by atoms with Gasteiger partial charge in [0.05, 0.1) is 19.4 Å². The Hall–Kier alpha value is -1.84. The van der Waals surface area contributed by atoms with Crippen molar-refractivity contribution in [3.63, 3.8) is 0 Å². The number of hydrazine groups is 1. The summed E-state index contributed by atoms with van der Waals surface area (Å²) in [5.41, 5.74) is 5.63. The van der Waals surface area contributed by atoms with Gasteiger partial charge >= 0.3 is 5.97 Å². The van der Waals surface area contributed by atoms with Crippen LogP contribution < -0.4 is 20.3 Å². The molecule has 9 heteroatoms. The van der Waals surface area contributed by atoms with Crippen molar-refractivity contribution in [2.75, 3.05) is 18.4 Å². The first-order valence-electron chi connectivity index (χ1n) is 6.79. The van der Waals surface area contributed by atoms with Crippen molar-refractivity contribution in [1.82, 2.24) is 10.9 Å². The highest BCUT2D eigenvalue weighted by atomic mass is 32.2. The van der Waals surface area contributed by atoms with E-state index in [1.165, 1.54) is 7.11 Å². The molecular weight excluding hydrogens is 310 g/mol. The Bertz CT molecular complexity index is 634. The molecule has 0 aromatic heterocycles. The molecule has 122 valence electrons. The smallest absolute Gasteiger partial charge is 0.324 e. The van der Waals surface area contributed by atoms with Gasteiger partial charge in [0.1, 0.15) is 17.2 Å². The predicted octanol–water partition coefficient (Wildman–Crippen LogP) is 0.193. The van der Waals surface area contributed by atoms with E-state index in [2.05, 4.69) is 15.6 Å². The van der Waals surface area contributed by atoms with E-state index in [-0.39, 0.29) is 13.0 Å². The first kappa shape index (κ1) is 16.5. The second-order valence-electron chi connectivity index (χ2n) is 4.70. The second-order valence-corrected chi connectivity index (χ2v) is 6.56. The highest BCUT2D eigenvalue weighted by Crippen LogP contribution is 2.20. The zero-order chi connectivity index (χ0) is 16.2. The topological polar surface area (TPSA) is 106 Å². The fraction of sp³-hybridized carbons (Fsp3) is 0.462. The third-order valence-electron chi connectivity index (χ3n) is 3.14. The molecule has 1 aromatic carbocycles. The van der Waals surface area contributed by atoms with Crippen molar-refractivity contribution in [1.29, 1.82) is 0 Å². The Morgan fingerprint density at radius 1 is 1.41 bits per heavy atom. The quantitative estimate of drug-likeness (QED) is 0.640. The van der Waals surface area contributed by atoms with Crippen LogP contribution in [0.15, 0.2) is 24.3 Å². The van der Waals surface area contributed by atoms with E-state index in [0.29, 0.717) is 11.4 Å². The zero-order valence-electron chi connectivity index (χ0n) is 12.3. The third-order valence-corrected chi connectivity index (χ3v) is 4.72. The Morgan fingerprint density at radius 2 is 2.18 bits per heavy atom. The molecule has 2 atom stereocenters. The van der Waals surface area contributed by atoms with E-state index in [4.69, 9.17) is 9.47 Å². The normalized spacial score (nSPS) is 21.4. The lowest BCUT2D eigenvalue weighted by atomic mass is 10.2. The molecule has 1 aliphatic rings. The summed E-state index contributed by atoms with van der Waals surface area (Å²) >= 11 is 0. The highest BCUT2D eigenvalue weighted by molar-refractivity contribution is 7.93. The van der Waals surface area contributed by atoms with Crippen molar-refractivity contribution < 1.29 is 22.7 Å². The van der Waals surface area contributed by atoms with Gasteiger partial charge in [-0.3, -0.25) is 9.52 Å². The van der Waals surface area contributed by atoms with Crippen LogP contribution in [0, 0.1) is 0 Å². The summed E-state index contributed by atoms with van der Waals surface area (Å²) in [5.74, 6) is 0.0659. The molecule has 1 saturated heterocycles. The van der Waals surface area contributed by atoms with Crippen molar-refractivity contribution in [2.45, 2.75) is 24.8 Å². The van der Waals surface area contributed by atoms with Crippen molar-refractivity contribution in [2.24, 2.45) is 0 Å². The van der Waals surface area contributed by atoms with Gasteiger partial charge in [-0.05, 0) is 19.1 Å². The number of hydrogen-bond acceptors (Lipinski definition) is 7. The van der Waals surface area contributed by atoms with Gasteiger partial charge in [0.2, 0.25) is 10.0 Å². The van der Waals surface area contributed by atoms with Gasteiger partial charge in [-0.25, -0.2) is 19.3 Å². The van der Waals surface area contributed by atoms with Gasteiger partial charge in [-0.2, -0.15) is 0 Å². The van der Waals surface area contributed by atoms with Crippen LogP contribution in [-0.2, 0) is 19.6 Å². The maximum atomic E-state index is 12.3. The van der Waals surface area contributed by atoms with Crippen LogP contribution in [0.5, 0.6) is 5.75 Å². The van der Waals surface area contributed by atoms with Crippen LogP contribution in [-0.4, -0.2) is 39.5 Å². The van der Waals surface area contributed by atoms with Crippen LogP contribution in [0.2, 0.25) is 0 Å². The molecular formula is C13H19N3O5S. The first-order chi connectivity index (χ1) is 10.5. The number of hydrogen-bond donors (Lipinski definition) is 3. The lowest BCUT2D eigenvalue weighted by Gasteiger charge is -2.14. The molecule has 22 heavy (non-hydrogen) atoms. The molecule has 3 N–H and O–H groups in total. The van der Waals surface area contributed by atoms with E-state index in [1.807, 2.05) is 0 Å². The Kier molecular flexibility index (Phi) is 5.22. The monoisotopic (exact) mass is 329 g/mol. The van der Waals surface area contributed by atoms with Crippen LogP contribution in [0.4, 0.5) is 5.69 Å². The van der Waals surface area contributed by atoms with Gasteiger partial charge in [-0.15, -0.1) is 0 Å². The molecule has 0 bridgehead atoms. The molecule has 8 nitrogen and oxygen atoms in total. The molecule has 0 amide bonds. The van der Waals surface area contributed by atoms with Crippen molar-refractivity contribution >= 4 is 21.7 Å². The molecule has 0 saturated carbocycles. The van der Waals surface area contributed by atoms with Crippen molar-refractivity contribution in [3.8, 4) is 5.75 Å². The van der Waals surface area contributed by atoms with Gasteiger partial charge in [0.15, 0.2) is 0 Å². The number of carbonyl (C=O) groups excluding carboxylic acids is 1. The number of anilines is 1. The minimum absolute atomic E-state index is 0.0815. The SMILES string of the molecule is CCOC(=O)C1CC(S(=O)(=O)Nc2cccc(OC)c2)NN1. The minimum Gasteiger partial charge on any atom is -0.497 e. The number of sulfonamides is 1. The summed E-state index contributed by atoms with van der Waals surface area (Å²) in [4.78, 5) is 11.6. The summed E-state index contributed by atoms with van der Waals surface area (Å²) in [5, 5.41) is -0.937. The van der Waals surface area contributed by atoms with Crippen LogP contribution in [0.1, 0.15) is 13.3 Å². The standard InChI is InChI=1S/C13H19N3O5S/c1-3-21-13(17)11-8-12(15-14-11)22(18,19)16-9-5-4-6-10(7-9)20-2/h4-7,11-12,14-16H,3,8H2,1-2H3. The molecule has 0 aliphatic carbocycles. The number of methoxy groups -OCH3 is 1. The molecule has 2 unspecified atom stereocenters. The van der Waals surface area contributed by atoms with Gasteiger partial charge in [-0.1, -0.05) is 6.07 Å². The average molecular weight is 329 g/mol. The molecule has 1 fully saturated rings. The lowest BCUT2D eigenvalue weighted by molar-refractivity contribution is -0.145. The largest absolute Gasteiger partial charge is 0.497 e. The molecule has 1 heterocycles. The number of benzene rings is 1. The maximum absolute atomic E-state index is 12.3. The number of ether oxygens (including phenoxy) is 2. The van der Waals surface area contributed by atoms with Gasteiger partial charge < -0.3 is 9.47 Å². The fourth-order valence-corrected chi connectivity index (χ4v) is 3.32. The number of nitrogens with one attached hydrogen (secondary N) is 3. The predicted molar refractivity (Wildman–Crippen MR) is 80.6 cm³/mol. The van der Waals surface area contributed by atoms with Crippen LogP contribution in [0.25, 0.3) is 0 Å². The fourth-order valence-electron chi connectivity index (χ4n) is 2.05. The molecule has 0 spiro atoms. The summed E-state index contributed by atoms with van der Waals surface area (Å²) in [7, 11) is -2.21. The maximum Gasteiger partial charge on any atom is 0.324 e. The first-order valence-corrected chi connectivity index (χ1v) is 8.34. The Balaban J connectivity index is 2.03. The van der Waals surface area contributed by atoms with Gasteiger partial charge in [0.25, 0.3) is 0 Å². The zero-order valence-corrected chi connectivity index (χ0v) is 13.1. The van der Waals surface area contributed by atoms with E-state index in [0.717, 1.165) is 0 Å². The number of carbonyl (C=O) groups is 1. The average Bonchev–Trinajstić information content (AvgIpc) is 2.98. The third kappa shape index (κ3) is 3.87. The molecule has 2 rings (SSSR count). The number of esters is 1. The highest BCUT2D eigenvalue weighted by Gasteiger charge is 2.37. The molecule has 0 radical (unpaired) electrons. The summed E-state index contributed by atoms with van der Waals surface area (Å²) in [6, 6.07) is 5.89. The summed E-state index contributed by atoms with van der Waals surface area (Å²) < 4.78 is 37.0. The second kappa shape index (κ2) is 6.95. The van der Waals surface area contributed by atoms with Crippen molar-refractivity contribution in [3.05, 3.63) is 24.3 Å². The summed E-state index contributed by atoms with van der Waals surface area (Å²) in [6.45, 7) is 1.94. The number of rotatable bonds is 6. The van der Waals surface area contributed by atoms with E-state index in [9.17, 15) is 13.2 Å². The van der Waals surface area contributed by atoms with E-state index in [1.54, 1.807) is 31.2 Å². The Labute approximate surface area is 129 Å². The van der Waals surface area contributed by atoms with E-state index < -0.39 is 27.4 Å². The van der Waals surface area contributed by atoms with Crippen LogP contribution >= 0.6 is 0 Å².